The van der Waals surface area contributed by atoms with Gasteiger partial charge in [0.1, 0.15) is 0 Å². The molecule has 0 heterocycles. The highest BCUT2D eigenvalue weighted by Gasteiger charge is 2.12. The number of nitrogens with zero attached hydrogens (tertiary/aromatic N) is 1. The second-order valence-corrected chi connectivity index (χ2v) is 6.19. The highest BCUT2D eigenvalue weighted by atomic mass is 35.5. The van der Waals surface area contributed by atoms with Crippen LogP contribution in [-0.4, -0.2) is 14.1 Å². The highest BCUT2D eigenvalue weighted by Crippen LogP contribution is 2.32. The van der Waals surface area contributed by atoms with E-state index in [2.05, 4.69) is 42.3 Å². The Bertz CT molecular complexity index is 639. The quantitative estimate of drug-likeness (QED) is 0.794. The standard InChI is InChI=1S/C17H20Cl2N2/c1-11-10-13(21(3)4)8-9-16(11)20-12(2)14-6-5-7-15(18)17(14)19/h5-10,12,20H,1-4H3. The normalized spacial score (nSPS) is 12.1. The van der Waals surface area contributed by atoms with Crippen LogP contribution in [0.15, 0.2) is 36.4 Å². The molecular weight excluding hydrogens is 303 g/mol. The summed E-state index contributed by atoms with van der Waals surface area (Å²) >= 11 is 12.4. The Morgan fingerprint density at radius 3 is 2.43 bits per heavy atom. The lowest BCUT2D eigenvalue weighted by atomic mass is 10.1. The van der Waals surface area contributed by atoms with Crippen LogP contribution in [0.25, 0.3) is 0 Å². The van der Waals surface area contributed by atoms with Gasteiger partial charge in [0.05, 0.1) is 16.1 Å². The number of nitrogens with one attached hydrogen (secondary N) is 1. The van der Waals surface area contributed by atoms with E-state index < -0.39 is 0 Å². The summed E-state index contributed by atoms with van der Waals surface area (Å²) in [4.78, 5) is 2.09. The minimum absolute atomic E-state index is 0.0834. The predicted molar refractivity (Wildman–Crippen MR) is 94.0 cm³/mol. The monoisotopic (exact) mass is 322 g/mol. The molecule has 0 bridgehead atoms. The second-order valence-electron chi connectivity index (χ2n) is 5.40. The van der Waals surface area contributed by atoms with Gasteiger partial charge in [-0.15, -0.1) is 0 Å². The van der Waals surface area contributed by atoms with Crippen LogP contribution in [0.2, 0.25) is 10.0 Å². The second kappa shape index (κ2) is 6.59. The molecule has 0 fully saturated rings. The van der Waals surface area contributed by atoms with Crippen molar-refractivity contribution in [2.75, 3.05) is 24.3 Å². The molecule has 0 aliphatic heterocycles. The zero-order chi connectivity index (χ0) is 15.6. The topological polar surface area (TPSA) is 15.3 Å². The van der Waals surface area contributed by atoms with Crippen molar-refractivity contribution in [3.8, 4) is 0 Å². The molecule has 0 aliphatic carbocycles. The van der Waals surface area contributed by atoms with E-state index in [-0.39, 0.29) is 6.04 Å². The van der Waals surface area contributed by atoms with Crippen molar-refractivity contribution >= 4 is 34.6 Å². The fourth-order valence-corrected chi connectivity index (χ4v) is 2.73. The van der Waals surface area contributed by atoms with Crippen molar-refractivity contribution in [1.29, 1.82) is 0 Å². The lowest BCUT2D eigenvalue weighted by molar-refractivity contribution is 0.883. The molecule has 2 aromatic rings. The van der Waals surface area contributed by atoms with Crippen molar-refractivity contribution < 1.29 is 0 Å². The number of hydrogen-bond acceptors (Lipinski definition) is 2. The van der Waals surface area contributed by atoms with Crippen molar-refractivity contribution in [2.45, 2.75) is 19.9 Å². The number of hydrogen-bond donors (Lipinski definition) is 1. The fourth-order valence-electron chi connectivity index (χ4n) is 2.25. The summed E-state index contributed by atoms with van der Waals surface area (Å²) in [7, 11) is 4.08. The van der Waals surface area contributed by atoms with Crippen LogP contribution >= 0.6 is 23.2 Å². The van der Waals surface area contributed by atoms with Crippen LogP contribution in [0.3, 0.4) is 0 Å². The van der Waals surface area contributed by atoms with Gasteiger partial charge in [0.25, 0.3) is 0 Å². The summed E-state index contributed by atoms with van der Waals surface area (Å²) < 4.78 is 0. The number of rotatable bonds is 4. The third kappa shape index (κ3) is 3.63. The Kier molecular flexibility index (Phi) is 5.02. The number of aryl methyl sites for hydroxylation is 1. The molecule has 21 heavy (non-hydrogen) atoms. The van der Waals surface area contributed by atoms with Crippen molar-refractivity contribution in [2.24, 2.45) is 0 Å². The van der Waals surface area contributed by atoms with Gasteiger partial charge in [0.15, 0.2) is 0 Å². The van der Waals surface area contributed by atoms with Gasteiger partial charge in [-0.2, -0.15) is 0 Å². The highest BCUT2D eigenvalue weighted by molar-refractivity contribution is 6.42. The Hall–Kier alpha value is -1.38. The van der Waals surface area contributed by atoms with Crippen molar-refractivity contribution in [3.63, 3.8) is 0 Å². The van der Waals surface area contributed by atoms with E-state index in [1.165, 1.54) is 11.3 Å². The van der Waals surface area contributed by atoms with Crippen LogP contribution in [0.4, 0.5) is 11.4 Å². The van der Waals surface area contributed by atoms with Gasteiger partial charge in [0, 0.05) is 25.5 Å². The maximum Gasteiger partial charge on any atom is 0.0644 e. The van der Waals surface area contributed by atoms with Crippen LogP contribution in [0.5, 0.6) is 0 Å². The molecule has 2 aromatic carbocycles. The zero-order valence-corrected chi connectivity index (χ0v) is 14.3. The van der Waals surface area contributed by atoms with E-state index in [0.29, 0.717) is 10.0 Å². The average Bonchev–Trinajstić information content (AvgIpc) is 2.43. The van der Waals surface area contributed by atoms with Gasteiger partial charge in [-0.3, -0.25) is 0 Å². The average molecular weight is 323 g/mol. The first-order valence-corrected chi connectivity index (χ1v) is 7.64. The molecule has 0 radical (unpaired) electrons. The molecule has 0 aliphatic rings. The first-order chi connectivity index (χ1) is 9.90. The molecule has 1 N–H and O–H groups in total. The van der Waals surface area contributed by atoms with Gasteiger partial charge >= 0.3 is 0 Å². The lowest BCUT2D eigenvalue weighted by Crippen LogP contribution is -2.11. The van der Waals surface area contributed by atoms with E-state index in [1.807, 2.05) is 26.2 Å². The summed E-state index contributed by atoms with van der Waals surface area (Å²) in [5.74, 6) is 0. The first-order valence-electron chi connectivity index (χ1n) is 6.88. The van der Waals surface area contributed by atoms with E-state index in [9.17, 15) is 0 Å². The van der Waals surface area contributed by atoms with E-state index in [1.54, 1.807) is 6.07 Å². The number of anilines is 2. The van der Waals surface area contributed by atoms with E-state index >= 15 is 0 Å². The van der Waals surface area contributed by atoms with Gasteiger partial charge in [0.2, 0.25) is 0 Å². The Morgan fingerprint density at radius 2 is 1.81 bits per heavy atom. The van der Waals surface area contributed by atoms with Gasteiger partial charge < -0.3 is 10.2 Å². The Morgan fingerprint density at radius 1 is 1.10 bits per heavy atom. The zero-order valence-electron chi connectivity index (χ0n) is 12.7. The number of halogens is 2. The first kappa shape index (κ1) is 16.0. The Balaban J connectivity index is 2.23. The minimum atomic E-state index is 0.0834. The third-order valence-electron chi connectivity index (χ3n) is 3.55. The molecule has 112 valence electrons. The van der Waals surface area contributed by atoms with Crippen LogP contribution in [0, 0.1) is 6.92 Å². The molecule has 1 atom stereocenters. The maximum absolute atomic E-state index is 6.28. The van der Waals surface area contributed by atoms with Crippen molar-refractivity contribution in [3.05, 3.63) is 57.6 Å². The SMILES string of the molecule is Cc1cc(N(C)C)ccc1NC(C)c1cccc(Cl)c1Cl. The minimum Gasteiger partial charge on any atom is -0.378 e. The lowest BCUT2D eigenvalue weighted by Gasteiger charge is -2.21. The van der Waals surface area contributed by atoms with E-state index in [4.69, 9.17) is 23.2 Å². The molecule has 0 saturated carbocycles. The molecule has 2 nitrogen and oxygen atoms in total. The van der Waals surface area contributed by atoms with Crippen LogP contribution in [-0.2, 0) is 0 Å². The summed E-state index contributed by atoms with van der Waals surface area (Å²) in [6, 6.07) is 12.2. The smallest absolute Gasteiger partial charge is 0.0644 e. The molecule has 0 aromatic heterocycles. The summed E-state index contributed by atoms with van der Waals surface area (Å²) in [6.45, 7) is 4.18. The predicted octanol–water partition coefficient (Wildman–Crippen LogP) is 5.54. The molecule has 1 unspecified atom stereocenters. The van der Waals surface area contributed by atoms with Crippen LogP contribution < -0.4 is 10.2 Å². The maximum atomic E-state index is 6.28. The number of benzene rings is 2. The largest absolute Gasteiger partial charge is 0.378 e. The molecule has 4 heteroatoms. The summed E-state index contributed by atoms with van der Waals surface area (Å²) in [5.41, 5.74) is 4.49. The Labute approximate surface area is 136 Å². The van der Waals surface area contributed by atoms with Gasteiger partial charge in [-0.1, -0.05) is 35.3 Å². The van der Waals surface area contributed by atoms with E-state index in [0.717, 1.165) is 11.3 Å². The molecular formula is C17H20Cl2N2. The molecule has 0 saturated heterocycles. The van der Waals surface area contributed by atoms with Gasteiger partial charge in [-0.25, -0.2) is 0 Å². The molecule has 0 spiro atoms. The summed E-state index contributed by atoms with van der Waals surface area (Å²) in [6.07, 6.45) is 0. The van der Waals surface area contributed by atoms with Crippen molar-refractivity contribution in [1.82, 2.24) is 0 Å². The van der Waals surface area contributed by atoms with Crippen LogP contribution in [0.1, 0.15) is 24.1 Å². The molecule has 0 amide bonds. The molecule has 2 rings (SSSR count). The summed E-state index contributed by atoms with van der Waals surface area (Å²) in [5, 5.41) is 4.70. The van der Waals surface area contributed by atoms with Gasteiger partial charge in [-0.05, 0) is 49.2 Å². The fraction of sp³-hybridized carbons (Fsp3) is 0.294. The third-order valence-corrected chi connectivity index (χ3v) is 4.38.